The lowest BCUT2D eigenvalue weighted by atomic mass is 9.97. The number of aliphatic carboxylic acids is 1. The van der Waals surface area contributed by atoms with Gasteiger partial charge in [0.2, 0.25) is 5.88 Å². The van der Waals surface area contributed by atoms with E-state index in [1.54, 1.807) is 19.5 Å². The quantitative estimate of drug-likeness (QED) is 0.713. The highest BCUT2D eigenvalue weighted by molar-refractivity contribution is 5.66. The summed E-state index contributed by atoms with van der Waals surface area (Å²) in [6.07, 6.45) is 6.05. The SMILES string of the molecule is CCC(CCNc1cncc(OC)n1)CCC(=O)O. The first-order chi connectivity index (χ1) is 9.15. The van der Waals surface area contributed by atoms with Crippen LogP contribution in [0.5, 0.6) is 5.88 Å². The maximum Gasteiger partial charge on any atom is 0.303 e. The number of methoxy groups -OCH3 is 1. The zero-order valence-corrected chi connectivity index (χ0v) is 11.4. The van der Waals surface area contributed by atoms with E-state index in [-0.39, 0.29) is 6.42 Å². The van der Waals surface area contributed by atoms with E-state index in [1.807, 2.05) is 0 Å². The van der Waals surface area contributed by atoms with Crippen molar-refractivity contribution in [3.8, 4) is 5.88 Å². The number of nitrogens with zero attached hydrogens (tertiary/aromatic N) is 2. The highest BCUT2D eigenvalue weighted by Gasteiger charge is 2.09. The molecule has 1 aromatic rings. The Labute approximate surface area is 113 Å². The predicted octanol–water partition coefficient (Wildman–Crippen LogP) is 2.18. The van der Waals surface area contributed by atoms with Gasteiger partial charge in [-0.25, -0.2) is 0 Å². The molecule has 0 fully saturated rings. The summed E-state index contributed by atoms with van der Waals surface area (Å²) in [7, 11) is 1.55. The van der Waals surface area contributed by atoms with Crippen molar-refractivity contribution in [3.63, 3.8) is 0 Å². The average molecular weight is 267 g/mol. The molecule has 2 N–H and O–H groups in total. The Morgan fingerprint density at radius 1 is 1.47 bits per heavy atom. The van der Waals surface area contributed by atoms with Gasteiger partial charge in [-0.1, -0.05) is 13.3 Å². The summed E-state index contributed by atoms with van der Waals surface area (Å²) in [5.41, 5.74) is 0. The first-order valence-corrected chi connectivity index (χ1v) is 6.47. The lowest BCUT2D eigenvalue weighted by Gasteiger charge is -2.14. The fourth-order valence-electron chi connectivity index (χ4n) is 1.82. The first kappa shape index (κ1) is 15.2. The minimum atomic E-state index is -0.731. The normalized spacial score (nSPS) is 11.9. The number of hydrogen-bond donors (Lipinski definition) is 2. The second-order valence-corrected chi connectivity index (χ2v) is 4.37. The van der Waals surface area contributed by atoms with E-state index >= 15 is 0 Å². The summed E-state index contributed by atoms with van der Waals surface area (Å²) in [4.78, 5) is 18.7. The molecule has 0 spiro atoms. The van der Waals surface area contributed by atoms with E-state index in [2.05, 4.69) is 22.2 Å². The van der Waals surface area contributed by atoms with Gasteiger partial charge in [-0.2, -0.15) is 4.98 Å². The third kappa shape index (κ3) is 6.03. The standard InChI is InChI=1S/C13H21N3O3/c1-3-10(4-5-13(17)18)6-7-15-11-8-14-9-12(16-11)19-2/h8-10H,3-7H2,1-2H3,(H,15,16)(H,17,18). The van der Waals surface area contributed by atoms with Gasteiger partial charge in [0.15, 0.2) is 0 Å². The van der Waals surface area contributed by atoms with Crippen molar-refractivity contribution < 1.29 is 14.6 Å². The van der Waals surface area contributed by atoms with Gasteiger partial charge in [0.1, 0.15) is 5.82 Å². The fourth-order valence-corrected chi connectivity index (χ4v) is 1.82. The highest BCUT2D eigenvalue weighted by Crippen LogP contribution is 2.16. The summed E-state index contributed by atoms with van der Waals surface area (Å²) >= 11 is 0. The van der Waals surface area contributed by atoms with Crippen LogP contribution in [0.15, 0.2) is 12.4 Å². The molecule has 1 unspecified atom stereocenters. The van der Waals surface area contributed by atoms with Crippen molar-refractivity contribution in [1.82, 2.24) is 9.97 Å². The lowest BCUT2D eigenvalue weighted by Crippen LogP contribution is -2.11. The smallest absolute Gasteiger partial charge is 0.303 e. The number of hydrogen-bond acceptors (Lipinski definition) is 5. The van der Waals surface area contributed by atoms with Crippen LogP contribution in [0.2, 0.25) is 0 Å². The summed E-state index contributed by atoms with van der Waals surface area (Å²) in [6.45, 7) is 2.83. The number of aromatic nitrogens is 2. The number of carbonyl (C=O) groups is 1. The van der Waals surface area contributed by atoms with Gasteiger partial charge < -0.3 is 15.2 Å². The largest absolute Gasteiger partial charge is 0.481 e. The summed E-state index contributed by atoms with van der Waals surface area (Å²) < 4.78 is 4.99. The van der Waals surface area contributed by atoms with Crippen LogP contribution in [-0.4, -0.2) is 34.7 Å². The molecule has 1 atom stereocenters. The highest BCUT2D eigenvalue weighted by atomic mass is 16.5. The van der Waals surface area contributed by atoms with Crippen molar-refractivity contribution >= 4 is 11.8 Å². The van der Waals surface area contributed by atoms with Crippen LogP contribution in [-0.2, 0) is 4.79 Å². The molecule has 1 rings (SSSR count). The van der Waals surface area contributed by atoms with E-state index in [0.29, 0.717) is 17.6 Å². The second kappa shape index (κ2) is 8.29. The Morgan fingerprint density at radius 2 is 2.26 bits per heavy atom. The number of ether oxygens (including phenoxy) is 1. The molecule has 0 radical (unpaired) electrons. The van der Waals surface area contributed by atoms with Crippen molar-refractivity contribution in [2.45, 2.75) is 32.6 Å². The number of carboxylic acids is 1. The molecule has 6 heteroatoms. The second-order valence-electron chi connectivity index (χ2n) is 4.37. The Kier molecular flexibility index (Phi) is 6.63. The molecule has 0 aliphatic carbocycles. The molecule has 0 saturated heterocycles. The zero-order chi connectivity index (χ0) is 14.1. The van der Waals surface area contributed by atoms with Gasteiger partial charge in [0, 0.05) is 13.0 Å². The zero-order valence-electron chi connectivity index (χ0n) is 11.4. The average Bonchev–Trinajstić information content (AvgIpc) is 2.42. The molecular formula is C13H21N3O3. The van der Waals surface area contributed by atoms with Crippen LogP contribution in [0.25, 0.3) is 0 Å². The fraction of sp³-hybridized carbons (Fsp3) is 0.615. The maximum atomic E-state index is 10.5. The van der Waals surface area contributed by atoms with Crippen LogP contribution in [0.1, 0.15) is 32.6 Å². The van der Waals surface area contributed by atoms with Crippen LogP contribution < -0.4 is 10.1 Å². The van der Waals surface area contributed by atoms with Crippen molar-refractivity contribution in [2.24, 2.45) is 5.92 Å². The van der Waals surface area contributed by atoms with Gasteiger partial charge in [-0.05, 0) is 18.8 Å². The van der Waals surface area contributed by atoms with E-state index < -0.39 is 5.97 Å². The Morgan fingerprint density at radius 3 is 2.89 bits per heavy atom. The molecule has 19 heavy (non-hydrogen) atoms. The summed E-state index contributed by atoms with van der Waals surface area (Å²) in [5, 5.41) is 11.8. The van der Waals surface area contributed by atoms with E-state index in [4.69, 9.17) is 9.84 Å². The molecule has 0 aliphatic heterocycles. The van der Waals surface area contributed by atoms with Gasteiger partial charge >= 0.3 is 5.97 Å². The van der Waals surface area contributed by atoms with Gasteiger partial charge in [-0.3, -0.25) is 9.78 Å². The first-order valence-electron chi connectivity index (χ1n) is 6.47. The number of nitrogens with one attached hydrogen (secondary N) is 1. The Bertz CT molecular complexity index is 398. The summed E-state index contributed by atoms with van der Waals surface area (Å²) in [6, 6.07) is 0. The van der Waals surface area contributed by atoms with E-state index in [0.717, 1.165) is 25.8 Å². The van der Waals surface area contributed by atoms with Crippen LogP contribution >= 0.6 is 0 Å². The molecule has 1 aromatic heterocycles. The molecule has 6 nitrogen and oxygen atoms in total. The molecule has 1 heterocycles. The van der Waals surface area contributed by atoms with E-state index in [1.165, 1.54) is 0 Å². The Hall–Kier alpha value is -1.85. The van der Waals surface area contributed by atoms with Crippen LogP contribution in [0.3, 0.4) is 0 Å². The molecule has 106 valence electrons. The van der Waals surface area contributed by atoms with Crippen LogP contribution in [0.4, 0.5) is 5.82 Å². The monoisotopic (exact) mass is 267 g/mol. The molecule has 0 amide bonds. The summed E-state index contributed by atoms with van der Waals surface area (Å²) in [5.74, 6) is 0.836. The molecule has 0 saturated carbocycles. The molecule has 0 aliphatic rings. The predicted molar refractivity (Wildman–Crippen MR) is 72.3 cm³/mol. The number of anilines is 1. The van der Waals surface area contributed by atoms with E-state index in [9.17, 15) is 4.79 Å². The van der Waals surface area contributed by atoms with Crippen molar-refractivity contribution in [2.75, 3.05) is 19.0 Å². The van der Waals surface area contributed by atoms with Gasteiger partial charge in [0.05, 0.1) is 19.5 Å². The number of rotatable bonds is 9. The minimum absolute atomic E-state index is 0.234. The molecule has 0 bridgehead atoms. The third-order valence-corrected chi connectivity index (χ3v) is 3.02. The minimum Gasteiger partial charge on any atom is -0.481 e. The van der Waals surface area contributed by atoms with Crippen molar-refractivity contribution in [3.05, 3.63) is 12.4 Å². The van der Waals surface area contributed by atoms with Gasteiger partial charge in [0.25, 0.3) is 0 Å². The topological polar surface area (TPSA) is 84.3 Å². The lowest BCUT2D eigenvalue weighted by molar-refractivity contribution is -0.137. The third-order valence-electron chi connectivity index (χ3n) is 3.02. The Balaban J connectivity index is 2.32. The van der Waals surface area contributed by atoms with Gasteiger partial charge in [-0.15, -0.1) is 0 Å². The van der Waals surface area contributed by atoms with Crippen LogP contribution in [0, 0.1) is 5.92 Å². The molecular weight excluding hydrogens is 246 g/mol. The van der Waals surface area contributed by atoms with Crippen molar-refractivity contribution in [1.29, 1.82) is 0 Å². The number of carboxylic acid groups (broad SMARTS) is 1. The maximum absolute atomic E-state index is 10.5. The molecule has 0 aromatic carbocycles.